The maximum atomic E-state index is 13.3. The zero-order valence-corrected chi connectivity index (χ0v) is 14.0. The van der Waals surface area contributed by atoms with E-state index < -0.39 is 0 Å². The molecule has 1 aliphatic heterocycles. The van der Waals surface area contributed by atoms with Gasteiger partial charge < -0.3 is 0 Å². The van der Waals surface area contributed by atoms with E-state index in [0.29, 0.717) is 25.2 Å². The van der Waals surface area contributed by atoms with Gasteiger partial charge in [-0.05, 0) is 37.1 Å². The van der Waals surface area contributed by atoms with E-state index in [1.165, 1.54) is 24.5 Å². The molecule has 3 rings (SSSR count). The number of halogens is 2. The van der Waals surface area contributed by atoms with E-state index in [4.69, 9.17) is 0 Å². The molecule has 0 N–H and O–H groups in total. The zero-order chi connectivity index (χ0) is 17.1. The Kier molecular flexibility index (Phi) is 5.16. The molecule has 2 atom stereocenters. The van der Waals surface area contributed by atoms with Crippen LogP contribution in [0.1, 0.15) is 25.0 Å². The van der Waals surface area contributed by atoms with E-state index in [1.807, 2.05) is 0 Å². The van der Waals surface area contributed by atoms with Crippen molar-refractivity contribution in [3.8, 4) is 0 Å². The molecule has 0 spiro atoms. The molecule has 0 bridgehead atoms. The highest BCUT2D eigenvalue weighted by atomic mass is 19.1. The van der Waals surface area contributed by atoms with Crippen LogP contribution in [0.3, 0.4) is 0 Å². The Morgan fingerprint density at radius 1 is 0.875 bits per heavy atom. The normalized spacial score (nSPS) is 22.7. The van der Waals surface area contributed by atoms with Crippen molar-refractivity contribution in [3.63, 3.8) is 0 Å². The van der Waals surface area contributed by atoms with Crippen LogP contribution in [-0.2, 0) is 13.1 Å². The van der Waals surface area contributed by atoms with Gasteiger partial charge in [0.25, 0.3) is 0 Å². The third-order valence-electron chi connectivity index (χ3n) is 4.47. The SMILES string of the molecule is C[C@@H]1CN(Cc2cncc(F)c2)C[C@H](C)N1Cc1cncc(F)c1. The van der Waals surface area contributed by atoms with E-state index in [1.54, 1.807) is 12.4 Å². The molecule has 0 unspecified atom stereocenters. The van der Waals surface area contributed by atoms with Gasteiger partial charge in [-0.25, -0.2) is 8.78 Å². The van der Waals surface area contributed by atoms with Crippen LogP contribution in [-0.4, -0.2) is 44.9 Å². The quantitative estimate of drug-likeness (QED) is 0.862. The Balaban J connectivity index is 1.63. The molecular formula is C18H22F2N4. The van der Waals surface area contributed by atoms with Crippen LogP contribution in [0.2, 0.25) is 0 Å². The molecule has 128 valence electrons. The first kappa shape index (κ1) is 16.9. The Morgan fingerprint density at radius 3 is 1.88 bits per heavy atom. The van der Waals surface area contributed by atoms with Crippen LogP contribution in [0.4, 0.5) is 8.78 Å². The lowest BCUT2D eigenvalue weighted by Crippen LogP contribution is -2.55. The number of rotatable bonds is 4. The highest BCUT2D eigenvalue weighted by molar-refractivity contribution is 5.12. The molecule has 0 amide bonds. The molecule has 0 aliphatic carbocycles. The van der Waals surface area contributed by atoms with Crippen LogP contribution < -0.4 is 0 Å². The van der Waals surface area contributed by atoms with Crippen molar-refractivity contribution in [2.75, 3.05) is 13.1 Å². The summed E-state index contributed by atoms with van der Waals surface area (Å²) in [6, 6.07) is 3.71. The molecule has 2 aromatic rings. The summed E-state index contributed by atoms with van der Waals surface area (Å²) in [5.74, 6) is -0.601. The van der Waals surface area contributed by atoms with Crippen LogP contribution in [0.25, 0.3) is 0 Å². The molecule has 24 heavy (non-hydrogen) atoms. The van der Waals surface area contributed by atoms with Crippen LogP contribution >= 0.6 is 0 Å². The second kappa shape index (κ2) is 7.32. The summed E-state index contributed by atoms with van der Waals surface area (Å²) >= 11 is 0. The summed E-state index contributed by atoms with van der Waals surface area (Å²) < 4.78 is 26.6. The monoisotopic (exact) mass is 332 g/mol. The van der Waals surface area contributed by atoms with Crippen molar-refractivity contribution in [3.05, 3.63) is 59.7 Å². The van der Waals surface area contributed by atoms with E-state index in [9.17, 15) is 8.78 Å². The van der Waals surface area contributed by atoms with Gasteiger partial charge in [0.15, 0.2) is 0 Å². The van der Waals surface area contributed by atoms with Crippen LogP contribution in [0, 0.1) is 11.6 Å². The lowest BCUT2D eigenvalue weighted by molar-refractivity contribution is 0.0288. The molecule has 0 radical (unpaired) electrons. The zero-order valence-electron chi connectivity index (χ0n) is 14.0. The summed E-state index contributed by atoms with van der Waals surface area (Å²) in [6.07, 6.45) is 5.87. The van der Waals surface area contributed by atoms with Crippen molar-refractivity contribution in [2.45, 2.75) is 39.0 Å². The molecule has 2 aromatic heterocycles. The van der Waals surface area contributed by atoms with E-state index >= 15 is 0 Å². The first-order valence-corrected chi connectivity index (χ1v) is 8.18. The van der Waals surface area contributed by atoms with Crippen molar-refractivity contribution in [1.29, 1.82) is 0 Å². The van der Waals surface area contributed by atoms with Gasteiger partial charge in [0.05, 0.1) is 12.4 Å². The highest BCUT2D eigenvalue weighted by Gasteiger charge is 2.29. The molecular weight excluding hydrogens is 310 g/mol. The van der Waals surface area contributed by atoms with Gasteiger partial charge >= 0.3 is 0 Å². The number of pyridine rings is 2. The van der Waals surface area contributed by atoms with Gasteiger partial charge in [0, 0.05) is 50.7 Å². The van der Waals surface area contributed by atoms with Gasteiger partial charge in [-0.2, -0.15) is 0 Å². The Hall–Kier alpha value is -1.92. The predicted octanol–water partition coefficient (Wildman–Crippen LogP) is 2.85. The van der Waals surface area contributed by atoms with Gasteiger partial charge in [-0.1, -0.05) is 0 Å². The maximum Gasteiger partial charge on any atom is 0.141 e. The Morgan fingerprint density at radius 2 is 1.38 bits per heavy atom. The number of piperazine rings is 1. The average Bonchev–Trinajstić information content (AvgIpc) is 2.51. The summed E-state index contributed by atoms with van der Waals surface area (Å²) in [7, 11) is 0. The fourth-order valence-electron chi connectivity index (χ4n) is 3.46. The largest absolute Gasteiger partial charge is 0.296 e. The van der Waals surface area contributed by atoms with Crippen LogP contribution in [0.15, 0.2) is 36.9 Å². The van der Waals surface area contributed by atoms with Crippen molar-refractivity contribution >= 4 is 0 Å². The molecule has 1 fully saturated rings. The molecule has 0 saturated carbocycles. The first-order chi connectivity index (χ1) is 11.5. The summed E-state index contributed by atoms with van der Waals surface area (Å²) in [4.78, 5) is 12.5. The number of aromatic nitrogens is 2. The van der Waals surface area contributed by atoms with Gasteiger partial charge in [-0.15, -0.1) is 0 Å². The summed E-state index contributed by atoms with van der Waals surface area (Å²) in [6.45, 7) is 7.46. The molecule has 6 heteroatoms. The van der Waals surface area contributed by atoms with E-state index in [0.717, 1.165) is 24.2 Å². The third-order valence-corrected chi connectivity index (χ3v) is 4.47. The molecule has 4 nitrogen and oxygen atoms in total. The standard InChI is InChI=1S/C18H22F2N4/c1-13-9-23(11-15-3-17(19)7-21-5-15)10-14(2)24(13)12-16-4-18(20)8-22-6-16/h3-8,13-14H,9-12H2,1-2H3/t13-,14+. The Bertz CT molecular complexity index is 682. The van der Waals surface area contributed by atoms with Crippen molar-refractivity contribution < 1.29 is 8.78 Å². The lowest BCUT2D eigenvalue weighted by atomic mass is 10.1. The first-order valence-electron chi connectivity index (χ1n) is 8.18. The van der Waals surface area contributed by atoms with E-state index in [2.05, 4.69) is 33.6 Å². The third kappa shape index (κ3) is 4.13. The smallest absolute Gasteiger partial charge is 0.141 e. The topological polar surface area (TPSA) is 32.3 Å². The second-order valence-electron chi connectivity index (χ2n) is 6.59. The maximum absolute atomic E-state index is 13.3. The lowest BCUT2D eigenvalue weighted by Gasteiger charge is -2.44. The highest BCUT2D eigenvalue weighted by Crippen LogP contribution is 2.20. The van der Waals surface area contributed by atoms with Gasteiger partial charge in [-0.3, -0.25) is 19.8 Å². The van der Waals surface area contributed by atoms with Gasteiger partial charge in [0.2, 0.25) is 0 Å². The van der Waals surface area contributed by atoms with Crippen molar-refractivity contribution in [1.82, 2.24) is 19.8 Å². The van der Waals surface area contributed by atoms with Gasteiger partial charge in [0.1, 0.15) is 11.6 Å². The number of hydrogen-bond acceptors (Lipinski definition) is 4. The van der Waals surface area contributed by atoms with E-state index in [-0.39, 0.29) is 11.6 Å². The number of hydrogen-bond donors (Lipinski definition) is 0. The fourth-order valence-corrected chi connectivity index (χ4v) is 3.46. The molecule has 1 saturated heterocycles. The predicted molar refractivity (Wildman–Crippen MR) is 88.1 cm³/mol. The minimum absolute atomic E-state index is 0.300. The fraction of sp³-hybridized carbons (Fsp3) is 0.444. The Labute approximate surface area is 141 Å². The minimum Gasteiger partial charge on any atom is -0.296 e. The summed E-state index contributed by atoms with van der Waals surface area (Å²) in [5, 5.41) is 0. The van der Waals surface area contributed by atoms with Crippen molar-refractivity contribution in [2.24, 2.45) is 0 Å². The molecule has 3 heterocycles. The summed E-state index contributed by atoms with van der Waals surface area (Å²) in [5.41, 5.74) is 1.77. The molecule has 0 aromatic carbocycles. The minimum atomic E-state index is -0.301. The number of nitrogens with zero attached hydrogens (tertiary/aromatic N) is 4. The molecule has 1 aliphatic rings. The average molecular weight is 332 g/mol. The van der Waals surface area contributed by atoms with Crippen LogP contribution in [0.5, 0.6) is 0 Å². The second-order valence-corrected chi connectivity index (χ2v) is 6.59.